The van der Waals surface area contributed by atoms with Crippen LogP contribution in [0.5, 0.6) is 0 Å². The van der Waals surface area contributed by atoms with Gasteiger partial charge in [0.2, 0.25) is 0 Å². The zero-order chi connectivity index (χ0) is 30.7. The molecule has 0 aromatic rings. The van der Waals surface area contributed by atoms with Gasteiger partial charge in [0, 0.05) is 13.3 Å². The number of esters is 1. The molecule has 0 aromatic carbocycles. The van der Waals surface area contributed by atoms with Crippen molar-refractivity contribution in [1.82, 2.24) is 0 Å². The summed E-state index contributed by atoms with van der Waals surface area (Å²) in [6.45, 7) is 25.8. The van der Waals surface area contributed by atoms with E-state index >= 15 is 0 Å². The summed E-state index contributed by atoms with van der Waals surface area (Å²) in [7, 11) is -4.41. The van der Waals surface area contributed by atoms with E-state index in [9.17, 15) is 15.0 Å². The first-order chi connectivity index (χ1) is 18.2. The summed E-state index contributed by atoms with van der Waals surface area (Å²) < 4.78 is 26.4. The van der Waals surface area contributed by atoms with Gasteiger partial charge in [-0.3, -0.25) is 4.79 Å². The number of epoxide rings is 1. The zero-order valence-corrected chi connectivity index (χ0v) is 29.3. The molecule has 7 nitrogen and oxygen atoms in total. The minimum atomic E-state index is -2.28. The minimum absolute atomic E-state index is 0.0223. The Bertz CT molecular complexity index is 929. The van der Waals surface area contributed by atoms with Crippen LogP contribution in [0.2, 0.25) is 36.3 Å². The summed E-state index contributed by atoms with van der Waals surface area (Å²) in [5.41, 5.74) is 0.835. The molecule has 40 heavy (non-hydrogen) atoms. The van der Waals surface area contributed by atoms with Crippen LogP contribution in [0.1, 0.15) is 87.5 Å². The van der Waals surface area contributed by atoms with Gasteiger partial charge in [-0.25, -0.2) is 0 Å². The molecular weight excluding hydrogens is 541 g/mol. The average molecular weight is 599 g/mol. The van der Waals surface area contributed by atoms with Gasteiger partial charge in [-0.15, -0.1) is 0 Å². The summed E-state index contributed by atoms with van der Waals surface area (Å²) in [6, 6.07) is 0. The van der Waals surface area contributed by atoms with Crippen molar-refractivity contribution < 1.29 is 33.3 Å². The second-order valence-corrected chi connectivity index (χ2v) is 24.3. The van der Waals surface area contributed by atoms with E-state index in [-0.39, 0.29) is 16.5 Å². The molecule has 9 heteroatoms. The Hall–Kier alpha value is -0.816. The van der Waals surface area contributed by atoms with E-state index in [1.54, 1.807) is 0 Å². The lowest BCUT2D eigenvalue weighted by atomic mass is 9.76. The first-order valence-corrected chi connectivity index (χ1v) is 20.9. The number of hydrogen-bond donors (Lipinski definition) is 2. The number of hydrogen-bond acceptors (Lipinski definition) is 7. The molecule has 0 amide bonds. The zero-order valence-electron chi connectivity index (χ0n) is 27.3. The molecule has 232 valence electrons. The third-order valence-corrected chi connectivity index (χ3v) is 18.4. The average Bonchev–Trinajstić information content (AvgIpc) is 3.53. The first kappa shape index (κ1) is 35.4. The molecule has 0 saturated carbocycles. The molecule has 0 radical (unpaired) electrons. The number of carbonyl (C=O) groups is 1. The summed E-state index contributed by atoms with van der Waals surface area (Å²) in [4.78, 5) is 12.4. The van der Waals surface area contributed by atoms with E-state index < -0.39 is 59.2 Å². The number of fused-ring (bicyclic) bond motifs is 1. The molecule has 0 bridgehead atoms. The van der Waals surface area contributed by atoms with Gasteiger partial charge in [0.15, 0.2) is 22.7 Å². The largest absolute Gasteiger partial charge is 0.454 e. The molecule has 1 aliphatic heterocycles. The molecule has 1 saturated heterocycles. The number of unbranched alkanes of at least 4 members (excludes halogenated alkanes) is 3. The van der Waals surface area contributed by atoms with Gasteiger partial charge in [0.05, 0.1) is 25.4 Å². The molecule has 5 atom stereocenters. The third kappa shape index (κ3) is 8.17. The quantitative estimate of drug-likeness (QED) is 0.0999. The standard InChI is InChI=1S/C31H58O7Si2/c1-13-14-15-16-17-18-24-25(21-35-39(9,10)29(3,4)5)26(38-40(11,12)30(6,7)8)28-31(37-28,19-23(34)20-32)27(24)36-22(2)33/h17-18,23,26-28,32,34H,13-16,19-21H2,1-12H3/b18-17-/t23?,26-,27-,28-,31+/m1/s1. The maximum atomic E-state index is 12.4. The molecule has 2 rings (SSSR count). The maximum Gasteiger partial charge on any atom is 0.303 e. The Kier molecular flexibility index (Phi) is 11.7. The monoisotopic (exact) mass is 598 g/mol. The number of carbonyl (C=O) groups excluding carboxylic acids is 1. The Balaban J connectivity index is 2.73. The van der Waals surface area contributed by atoms with Crippen LogP contribution in [0.3, 0.4) is 0 Å². The van der Waals surface area contributed by atoms with Crippen molar-refractivity contribution in [2.24, 2.45) is 0 Å². The normalized spacial score (nSPS) is 26.7. The van der Waals surface area contributed by atoms with Crippen LogP contribution >= 0.6 is 0 Å². The van der Waals surface area contributed by atoms with Crippen LogP contribution in [-0.4, -0.2) is 76.0 Å². The molecule has 1 aliphatic carbocycles. The van der Waals surface area contributed by atoms with Gasteiger partial charge in [-0.2, -0.15) is 0 Å². The summed E-state index contributed by atoms with van der Waals surface area (Å²) in [5.74, 6) is -0.414. The van der Waals surface area contributed by atoms with Crippen LogP contribution in [-0.2, 0) is 23.1 Å². The van der Waals surface area contributed by atoms with E-state index in [0.29, 0.717) is 6.61 Å². The number of allylic oxidation sites excluding steroid dienone is 1. The second-order valence-electron chi connectivity index (χ2n) is 14.7. The molecule has 0 aromatic heterocycles. The van der Waals surface area contributed by atoms with E-state index in [1.165, 1.54) is 6.92 Å². The van der Waals surface area contributed by atoms with Gasteiger partial charge >= 0.3 is 5.97 Å². The second kappa shape index (κ2) is 13.2. The fraction of sp³-hybridized carbons (Fsp3) is 0.839. The van der Waals surface area contributed by atoms with Crippen LogP contribution in [0, 0.1) is 0 Å². The topological polar surface area (TPSA) is 97.8 Å². The summed E-state index contributed by atoms with van der Waals surface area (Å²) in [6.07, 6.45) is 6.08. The van der Waals surface area contributed by atoms with E-state index in [4.69, 9.17) is 18.3 Å². The number of aliphatic hydroxyl groups excluding tert-OH is 2. The fourth-order valence-corrected chi connectivity index (χ4v) is 6.93. The van der Waals surface area contributed by atoms with Gasteiger partial charge in [0.25, 0.3) is 0 Å². The molecule has 1 heterocycles. The predicted octanol–water partition coefficient (Wildman–Crippen LogP) is 6.66. The SMILES string of the molecule is CCCCC/C=C\C1=C(CO[Si](C)(C)C(C)(C)C)[C@@H](O[Si](C)(C)C(C)(C)C)[C@H]2O[C@@]2(CC(O)CO)[C@@H]1OC(C)=O. The Morgan fingerprint density at radius 2 is 1.68 bits per heavy atom. The van der Waals surface area contributed by atoms with Crippen molar-refractivity contribution in [3.05, 3.63) is 23.3 Å². The first-order valence-electron chi connectivity index (χ1n) is 15.1. The lowest BCUT2D eigenvalue weighted by Gasteiger charge is -2.44. The molecular formula is C31H58O7Si2. The summed E-state index contributed by atoms with van der Waals surface area (Å²) >= 11 is 0. The van der Waals surface area contributed by atoms with Crippen molar-refractivity contribution in [2.45, 2.75) is 154 Å². The van der Waals surface area contributed by atoms with E-state index in [1.807, 2.05) is 0 Å². The summed E-state index contributed by atoms with van der Waals surface area (Å²) in [5, 5.41) is 20.3. The van der Waals surface area contributed by atoms with Crippen LogP contribution in [0.4, 0.5) is 0 Å². The van der Waals surface area contributed by atoms with Crippen LogP contribution in [0.15, 0.2) is 23.3 Å². The lowest BCUT2D eigenvalue weighted by molar-refractivity contribution is -0.148. The van der Waals surface area contributed by atoms with Crippen molar-refractivity contribution in [1.29, 1.82) is 0 Å². The van der Waals surface area contributed by atoms with Crippen LogP contribution in [0.25, 0.3) is 0 Å². The Morgan fingerprint density at radius 3 is 2.17 bits per heavy atom. The molecule has 1 unspecified atom stereocenters. The van der Waals surface area contributed by atoms with Crippen molar-refractivity contribution in [3.63, 3.8) is 0 Å². The van der Waals surface area contributed by atoms with Gasteiger partial charge in [-0.1, -0.05) is 73.5 Å². The number of rotatable bonds is 14. The van der Waals surface area contributed by atoms with E-state index in [2.05, 4.69) is 86.8 Å². The molecule has 0 spiro atoms. The molecule has 2 aliphatic rings. The fourth-order valence-electron chi connectivity index (χ4n) is 4.73. The van der Waals surface area contributed by atoms with E-state index in [0.717, 1.165) is 36.8 Å². The minimum Gasteiger partial charge on any atom is -0.454 e. The molecule has 2 N–H and O–H groups in total. The highest BCUT2D eigenvalue weighted by molar-refractivity contribution is 6.74. The molecule has 1 fully saturated rings. The highest BCUT2D eigenvalue weighted by Crippen LogP contribution is 2.56. The van der Waals surface area contributed by atoms with Crippen molar-refractivity contribution in [3.8, 4) is 0 Å². The van der Waals surface area contributed by atoms with Gasteiger partial charge in [-0.05, 0) is 60.3 Å². The maximum absolute atomic E-state index is 12.4. The predicted molar refractivity (Wildman–Crippen MR) is 166 cm³/mol. The highest BCUT2D eigenvalue weighted by Gasteiger charge is 2.71. The van der Waals surface area contributed by atoms with Gasteiger partial charge in [0.1, 0.15) is 11.7 Å². The highest BCUT2D eigenvalue weighted by atomic mass is 28.4. The number of aliphatic hydroxyl groups is 2. The smallest absolute Gasteiger partial charge is 0.303 e. The number of ether oxygens (including phenoxy) is 2. The third-order valence-electron chi connectivity index (χ3n) is 9.43. The lowest BCUT2D eigenvalue weighted by Crippen LogP contribution is -2.53. The Labute approximate surface area is 246 Å². The van der Waals surface area contributed by atoms with Gasteiger partial charge < -0.3 is 28.5 Å². The van der Waals surface area contributed by atoms with Crippen molar-refractivity contribution in [2.75, 3.05) is 13.2 Å². The Morgan fingerprint density at radius 1 is 1.07 bits per heavy atom. The van der Waals surface area contributed by atoms with Crippen LogP contribution < -0.4 is 0 Å². The van der Waals surface area contributed by atoms with Crippen molar-refractivity contribution >= 4 is 22.6 Å².